The van der Waals surface area contributed by atoms with Gasteiger partial charge in [-0.15, -0.1) is 0 Å². The summed E-state index contributed by atoms with van der Waals surface area (Å²) in [5.41, 5.74) is 0.710. The molecule has 2 atom stereocenters. The minimum atomic E-state index is 0.115. The summed E-state index contributed by atoms with van der Waals surface area (Å²) in [6.45, 7) is 4.61. The van der Waals surface area contributed by atoms with Crippen LogP contribution in [0.1, 0.15) is 22.5 Å². The van der Waals surface area contributed by atoms with Gasteiger partial charge in [0.1, 0.15) is 5.76 Å². The molecule has 0 aromatic carbocycles. The van der Waals surface area contributed by atoms with E-state index < -0.39 is 0 Å². The summed E-state index contributed by atoms with van der Waals surface area (Å²) in [6.07, 6.45) is 2.80. The van der Waals surface area contributed by atoms with Gasteiger partial charge in [-0.05, 0) is 25.3 Å². The Balaban J connectivity index is 1.79. The number of carbonyl (C=O) groups excluding carboxylic acids is 1. The highest BCUT2D eigenvalue weighted by Gasteiger charge is 2.35. The predicted molar refractivity (Wildman–Crippen MR) is 59.2 cm³/mol. The molecule has 0 aliphatic carbocycles. The highest BCUT2D eigenvalue weighted by atomic mass is 16.3. The van der Waals surface area contributed by atoms with Gasteiger partial charge in [0.15, 0.2) is 0 Å². The van der Waals surface area contributed by atoms with E-state index in [1.165, 1.54) is 6.42 Å². The van der Waals surface area contributed by atoms with Gasteiger partial charge in [0.25, 0.3) is 5.91 Å². The molecule has 4 nitrogen and oxygen atoms in total. The normalized spacial score (nSPS) is 28.4. The molecular formula is C12H16N2O2. The lowest BCUT2D eigenvalue weighted by atomic mass is 9.99. The van der Waals surface area contributed by atoms with Gasteiger partial charge in [-0.3, -0.25) is 4.79 Å². The van der Waals surface area contributed by atoms with Crippen LogP contribution in [0.5, 0.6) is 0 Å². The summed E-state index contributed by atoms with van der Waals surface area (Å²) in [5.74, 6) is 1.47. The second-order valence-electron chi connectivity index (χ2n) is 4.81. The molecule has 3 rings (SSSR count). The summed E-state index contributed by atoms with van der Waals surface area (Å²) in [4.78, 5) is 14.2. The maximum absolute atomic E-state index is 12.2. The summed E-state index contributed by atoms with van der Waals surface area (Å²) in [7, 11) is 0. The first kappa shape index (κ1) is 9.90. The zero-order valence-electron chi connectivity index (χ0n) is 9.40. The van der Waals surface area contributed by atoms with Gasteiger partial charge in [0.2, 0.25) is 0 Å². The third-order valence-electron chi connectivity index (χ3n) is 3.61. The van der Waals surface area contributed by atoms with Crippen molar-refractivity contribution in [3.8, 4) is 0 Å². The van der Waals surface area contributed by atoms with Crippen LogP contribution in [0.15, 0.2) is 16.7 Å². The molecule has 0 saturated carbocycles. The third kappa shape index (κ3) is 1.53. The smallest absolute Gasteiger partial charge is 0.257 e. The molecule has 16 heavy (non-hydrogen) atoms. The number of piperidine rings is 1. The summed E-state index contributed by atoms with van der Waals surface area (Å²) >= 11 is 0. The molecular weight excluding hydrogens is 204 g/mol. The number of aryl methyl sites for hydroxylation is 1. The molecule has 2 bridgehead atoms. The van der Waals surface area contributed by atoms with Gasteiger partial charge in [-0.2, -0.15) is 0 Å². The van der Waals surface area contributed by atoms with Crippen molar-refractivity contribution in [3.63, 3.8) is 0 Å². The highest BCUT2D eigenvalue weighted by molar-refractivity contribution is 5.95. The minimum Gasteiger partial charge on any atom is -0.469 e. The Morgan fingerprint density at radius 3 is 3.12 bits per heavy atom. The van der Waals surface area contributed by atoms with Crippen LogP contribution in [-0.2, 0) is 0 Å². The number of nitrogens with zero attached hydrogens (tertiary/aromatic N) is 1. The van der Waals surface area contributed by atoms with Crippen LogP contribution in [-0.4, -0.2) is 36.5 Å². The first-order valence-corrected chi connectivity index (χ1v) is 5.81. The fourth-order valence-electron chi connectivity index (χ4n) is 2.78. The molecule has 2 fully saturated rings. The molecule has 2 unspecified atom stereocenters. The number of nitrogens with one attached hydrogen (secondary N) is 1. The van der Waals surface area contributed by atoms with Crippen molar-refractivity contribution in [3.05, 3.63) is 23.7 Å². The fourth-order valence-corrected chi connectivity index (χ4v) is 2.78. The largest absolute Gasteiger partial charge is 0.469 e. The number of hydrogen-bond acceptors (Lipinski definition) is 3. The zero-order chi connectivity index (χ0) is 11.1. The van der Waals surface area contributed by atoms with Crippen LogP contribution < -0.4 is 5.32 Å². The van der Waals surface area contributed by atoms with Crippen molar-refractivity contribution in [2.24, 2.45) is 5.92 Å². The molecule has 2 saturated heterocycles. The molecule has 86 valence electrons. The van der Waals surface area contributed by atoms with Gasteiger partial charge in [0.05, 0.1) is 11.8 Å². The molecule has 2 aliphatic rings. The van der Waals surface area contributed by atoms with Gasteiger partial charge >= 0.3 is 0 Å². The Labute approximate surface area is 94.6 Å². The van der Waals surface area contributed by atoms with E-state index in [0.29, 0.717) is 17.5 Å². The first-order chi connectivity index (χ1) is 7.74. The molecule has 3 heterocycles. The average Bonchev–Trinajstić information content (AvgIpc) is 2.84. The van der Waals surface area contributed by atoms with E-state index in [1.807, 2.05) is 11.8 Å². The van der Waals surface area contributed by atoms with Crippen molar-refractivity contribution < 1.29 is 9.21 Å². The van der Waals surface area contributed by atoms with E-state index in [-0.39, 0.29) is 5.91 Å². The number of hydrogen-bond donors (Lipinski definition) is 1. The number of likely N-dealkylation sites (tertiary alicyclic amines) is 1. The summed E-state index contributed by atoms with van der Waals surface area (Å²) < 4.78 is 5.18. The molecule has 4 heteroatoms. The lowest BCUT2D eigenvalue weighted by molar-refractivity contribution is 0.0690. The number of furan rings is 1. The summed E-state index contributed by atoms with van der Waals surface area (Å²) in [5, 5.41) is 3.45. The lowest BCUT2D eigenvalue weighted by Crippen LogP contribution is -2.44. The highest BCUT2D eigenvalue weighted by Crippen LogP contribution is 2.24. The van der Waals surface area contributed by atoms with Crippen molar-refractivity contribution >= 4 is 5.91 Å². The van der Waals surface area contributed by atoms with Gasteiger partial charge in [0, 0.05) is 25.7 Å². The fraction of sp³-hybridized carbons (Fsp3) is 0.583. The van der Waals surface area contributed by atoms with Crippen molar-refractivity contribution in [1.29, 1.82) is 0 Å². The van der Waals surface area contributed by atoms with Crippen LogP contribution in [0, 0.1) is 12.8 Å². The van der Waals surface area contributed by atoms with Crippen LogP contribution in [0.3, 0.4) is 0 Å². The van der Waals surface area contributed by atoms with Crippen LogP contribution in [0.25, 0.3) is 0 Å². The van der Waals surface area contributed by atoms with E-state index >= 15 is 0 Å². The lowest BCUT2D eigenvalue weighted by Gasteiger charge is -2.30. The molecule has 2 aliphatic heterocycles. The Bertz CT molecular complexity index is 401. The molecule has 1 aromatic heterocycles. The van der Waals surface area contributed by atoms with Crippen molar-refractivity contribution in [2.45, 2.75) is 19.4 Å². The first-order valence-electron chi connectivity index (χ1n) is 5.81. The number of fused-ring (bicyclic) bond motifs is 2. The van der Waals surface area contributed by atoms with E-state index in [0.717, 1.165) is 25.4 Å². The van der Waals surface area contributed by atoms with Crippen LogP contribution in [0.2, 0.25) is 0 Å². The standard InChI is InChI=1S/C12H16N2O2/c1-8-11(2-3-16-8)12(15)14-6-9-4-10(7-14)13-5-9/h2-3,9-10,13H,4-7H2,1H3. The Morgan fingerprint density at radius 1 is 1.56 bits per heavy atom. The molecule has 0 radical (unpaired) electrons. The summed E-state index contributed by atoms with van der Waals surface area (Å²) in [6, 6.07) is 2.26. The maximum atomic E-state index is 12.2. The topological polar surface area (TPSA) is 45.5 Å². The van der Waals surface area contributed by atoms with Gasteiger partial charge in [-0.25, -0.2) is 0 Å². The predicted octanol–water partition coefficient (Wildman–Crippen LogP) is 1.02. The van der Waals surface area contributed by atoms with E-state index in [9.17, 15) is 4.79 Å². The molecule has 0 spiro atoms. The zero-order valence-corrected chi connectivity index (χ0v) is 9.40. The van der Waals surface area contributed by atoms with Crippen molar-refractivity contribution in [2.75, 3.05) is 19.6 Å². The van der Waals surface area contributed by atoms with Gasteiger partial charge in [-0.1, -0.05) is 0 Å². The van der Waals surface area contributed by atoms with E-state index in [1.54, 1.807) is 12.3 Å². The second kappa shape index (κ2) is 3.63. The van der Waals surface area contributed by atoms with Gasteiger partial charge < -0.3 is 14.6 Å². The number of carbonyl (C=O) groups is 1. The number of rotatable bonds is 1. The Morgan fingerprint density at radius 2 is 2.44 bits per heavy atom. The third-order valence-corrected chi connectivity index (χ3v) is 3.61. The van der Waals surface area contributed by atoms with E-state index in [2.05, 4.69) is 5.32 Å². The Hall–Kier alpha value is -1.29. The van der Waals surface area contributed by atoms with Crippen molar-refractivity contribution in [1.82, 2.24) is 10.2 Å². The van der Waals surface area contributed by atoms with Crippen LogP contribution in [0.4, 0.5) is 0 Å². The minimum absolute atomic E-state index is 0.115. The quantitative estimate of drug-likeness (QED) is 0.768. The second-order valence-corrected chi connectivity index (χ2v) is 4.81. The average molecular weight is 220 g/mol. The Kier molecular flexibility index (Phi) is 2.24. The SMILES string of the molecule is Cc1occc1C(=O)N1CC2CNC(C2)C1. The molecule has 1 amide bonds. The maximum Gasteiger partial charge on any atom is 0.257 e. The van der Waals surface area contributed by atoms with Crippen LogP contribution >= 0.6 is 0 Å². The number of amides is 1. The van der Waals surface area contributed by atoms with E-state index in [4.69, 9.17) is 4.42 Å². The molecule has 1 aromatic rings. The molecule has 1 N–H and O–H groups in total. The monoisotopic (exact) mass is 220 g/mol.